The van der Waals surface area contributed by atoms with Gasteiger partial charge in [-0.1, -0.05) is 11.8 Å². The van der Waals surface area contributed by atoms with Crippen LogP contribution in [0.4, 0.5) is 5.69 Å². The molecule has 4 rings (SSSR count). The van der Waals surface area contributed by atoms with E-state index in [4.69, 9.17) is 0 Å². The third kappa shape index (κ3) is 4.92. The first-order valence-corrected chi connectivity index (χ1v) is 12.5. The fraction of sp³-hybridized carbons (Fsp3) is 0.526. The van der Waals surface area contributed by atoms with Gasteiger partial charge in [-0.2, -0.15) is 0 Å². The number of amides is 2. The number of fused-ring (bicyclic) bond motifs is 1. The van der Waals surface area contributed by atoms with E-state index in [-0.39, 0.29) is 34.6 Å². The van der Waals surface area contributed by atoms with Gasteiger partial charge >= 0.3 is 0 Å². The van der Waals surface area contributed by atoms with E-state index in [1.165, 1.54) is 11.8 Å². The molecule has 2 fully saturated rings. The second kappa shape index (κ2) is 8.35. The van der Waals surface area contributed by atoms with Gasteiger partial charge in [0, 0.05) is 42.6 Å². The van der Waals surface area contributed by atoms with Crippen LogP contribution in [0.15, 0.2) is 29.3 Å². The quantitative estimate of drug-likeness (QED) is 0.647. The molecule has 3 heterocycles. The number of aliphatic imine (C=N–C) groups is 1. The zero-order chi connectivity index (χ0) is 20.4. The van der Waals surface area contributed by atoms with E-state index in [0.717, 1.165) is 30.2 Å². The monoisotopic (exact) mass is 436 g/mol. The number of hydrogen-bond acceptors (Lipinski definition) is 7. The molecule has 0 bridgehead atoms. The second-order valence-electron chi connectivity index (χ2n) is 7.53. The van der Waals surface area contributed by atoms with Crippen LogP contribution in [0.25, 0.3) is 0 Å². The molecule has 2 atom stereocenters. The van der Waals surface area contributed by atoms with E-state index < -0.39 is 9.84 Å². The van der Waals surface area contributed by atoms with Crippen LogP contribution in [0.2, 0.25) is 0 Å². The van der Waals surface area contributed by atoms with Crippen molar-refractivity contribution in [3.8, 4) is 0 Å². The maximum Gasteiger partial charge on any atom is 0.251 e. The van der Waals surface area contributed by atoms with E-state index in [0.29, 0.717) is 25.1 Å². The topological polar surface area (TPSA) is 108 Å². The molecule has 8 nitrogen and oxygen atoms in total. The molecule has 1 aromatic carbocycles. The van der Waals surface area contributed by atoms with Crippen molar-refractivity contribution in [2.24, 2.45) is 4.99 Å². The minimum absolute atomic E-state index is 0.00315. The van der Waals surface area contributed by atoms with Crippen molar-refractivity contribution >= 4 is 44.3 Å². The Morgan fingerprint density at radius 2 is 2.03 bits per heavy atom. The van der Waals surface area contributed by atoms with Gasteiger partial charge in [-0.25, -0.2) is 8.42 Å². The summed E-state index contributed by atoms with van der Waals surface area (Å²) in [7, 11) is -2.95. The third-order valence-electron chi connectivity index (χ3n) is 5.28. The lowest BCUT2D eigenvalue weighted by Gasteiger charge is -2.15. The normalized spacial score (nSPS) is 25.0. The number of likely N-dealkylation sites (tertiary alicyclic amines) is 1. The van der Waals surface area contributed by atoms with Gasteiger partial charge in [0.15, 0.2) is 15.0 Å². The minimum atomic E-state index is -2.95. The number of nitrogens with zero attached hydrogens (tertiary/aromatic N) is 2. The smallest absolute Gasteiger partial charge is 0.251 e. The Morgan fingerprint density at radius 3 is 2.72 bits per heavy atom. The highest BCUT2D eigenvalue weighted by molar-refractivity contribution is 8.15. The zero-order valence-corrected chi connectivity index (χ0v) is 17.6. The molecule has 156 valence electrons. The Bertz CT molecular complexity index is 930. The summed E-state index contributed by atoms with van der Waals surface area (Å²) in [5, 5.41) is 6.81. The molecule has 2 saturated heterocycles. The Morgan fingerprint density at radius 1 is 1.24 bits per heavy atom. The van der Waals surface area contributed by atoms with Crippen LogP contribution in [0.1, 0.15) is 29.6 Å². The molecular formula is C19H24N4O4S2. The van der Waals surface area contributed by atoms with E-state index in [1.54, 1.807) is 12.1 Å². The summed E-state index contributed by atoms with van der Waals surface area (Å²) in [6.45, 7) is 2.04. The van der Waals surface area contributed by atoms with E-state index in [1.807, 2.05) is 17.0 Å². The number of hydrogen-bond donors (Lipinski definition) is 2. The lowest BCUT2D eigenvalue weighted by atomic mass is 10.2. The first kappa shape index (κ1) is 20.2. The SMILES string of the molecule is O=C(NCCCN1CCCC1=O)c1ccc(NC2=N[C@@H]3CS(=O)(=O)C[C@H]3S2)cc1. The summed E-state index contributed by atoms with van der Waals surface area (Å²) < 4.78 is 23.3. The summed E-state index contributed by atoms with van der Waals surface area (Å²) in [4.78, 5) is 30.1. The van der Waals surface area contributed by atoms with Gasteiger partial charge < -0.3 is 15.5 Å². The average molecular weight is 437 g/mol. The molecule has 10 heteroatoms. The predicted molar refractivity (Wildman–Crippen MR) is 114 cm³/mol. The fourth-order valence-electron chi connectivity index (χ4n) is 3.76. The third-order valence-corrected chi connectivity index (χ3v) is 8.42. The molecule has 2 N–H and O–H groups in total. The molecule has 29 heavy (non-hydrogen) atoms. The van der Waals surface area contributed by atoms with Crippen molar-refractivity contribution in [1.82, 2.24) is 10.2 Å². The second-order valence-corrected chi connectivity index (χ2v) is 10.9. The Kier molecular flexibility index (Phi) is 5.82. The highest BCUT2D eigenvalue weighted by atomic mass is 32.2. The molecule has 3 aliphatic heterocycles. The number of carbonyl (C=O) groups is 2. The van der Waals surface area contributed by atoms with Crippen LogP contribution in [0.3, 0.4) is 0 Å². The first-order valence-electron chi connectivity index (χ1n) is 9.77. The van der Waals surface area contributed by atoms with Crippen LogP contribution >= 0.6 is 11.8 Å². The van der Waals surface area contributed by atoms with Crippen LogP contribution < -0.4 is 10.6 Å². The molecule has 0 saturated carbocycles. The summed E-state index contributed by atoms with van der Waals surface area (Å²) in [5.74, 6) is 0.370. The molecule has 0 spiro atoms. The molecule has 2 amide bonds. The zero-order valence-electron chi connectivity index (χ0n) is 16.0. The molecule has 0 unspecified atom stereocenters. The fourth-order valence-corrected chi connectivity index (χ4v) is 7.43. The number of benzene rings is 1. The summed E-state index contributed by atoms with van der Waals surface area (Å²) in [6, 6.07) is 6.95. The number of nitrogens with one attached hydrogen (secondary N) is 2. The maximum absolute atomic E-state index is 12.3. The standard InChI is InChI=1S/C19H24N4O4S2/c24-17-3-1-9-23(17)10-2-8-20-18(25)13-4-6-14(7-5-13)21-19-22-15-11-29(26,27)12-16(15)28-19/h4-7,15-16H,1-3,8-12H2,(H,20,25)(H,21,22)/t15-,16-/m1/s1. The minimum Gasteiger partial charge on any atom is -0.352 e. The van der Waals surface area contributed by atoms with Crippen molar-refractivity contribution < 1.29 is 18.0 Å². The largest absolute Gasteiger partial charge is 0.352 e. The van der Waals surface area contributed by atoms with Gasteiger partial charge in [0.2, 0.25) is 5.91 Å². The lowest BCUT2D eigenvalue weighted by molar-refractivity contribution is -0.127. The summed E-state index contributed by atoms with van der Waals surface area (Å²) in [6.07, 6.45) is 2.31. The molecule has 0 aliphatic carbocycles. The molecule has 3 aliphatic rings. The average Bonchev–Trinajstić information content (AvgIpc) is 3.31. The van der Waals surface area contributed by atoms with Crippen molar-refractivity contribution in [2.45, 2.75) is 30.6 Å². The number of anilines is 1. The van der Waals surface area contributed by atoms with Crippen molar-refractivity contribution in [1.29, 1.82) is 0 Å². The van der Waals surface area contributed by atoms with Gasteiger partial charge in [0.05, 0.1) is 17.5 Å². The number of rotatable bonds is 6. The molecule has 0 radical (unpaired) electrons. The Labute approximate surface area is 174 Å². The van der Waals surface area contributed by atoms with Crippen molar-refractivity contribution in [2.75, 3.05) is 36.5 Å². The predicted octanol–water partition coefficient (Wildman–Crippen LogP) is 1.11. The van der Waals surface area contributed by atoms with Gasteiger partial charge in [-0.3, -0.25) is 14.6 Å². The van der Waals surface area contributed by atoms with Crippen LogP contribution in [-0.4, -0.2) is 72.7 Å². The highest BCUT2D eigenvalue weighted by Crippen LogP contribution is 2.34. The number of thioether (sulfide) groups is 1. The van der Waals surface area contributed by atoms with Gasteiger partial charge in [-0.15, -0.1) is 0 Å². The van der Waals surface area contributed by atoms with Crippen LogP contribution in [0.5, 0.6) is 0 Å². The maximum atomic E-state index is 12.3. The number of amidine groups is 1. The Balaban J connectivity index is 1.23. The highest BCUT2D eigenvalue weighted by Gasteiger charge is 2.42. The lowest BCUT2D eigenvalue weighted by Crippen LogP contribution is -2.30. The molecular weight excluding hydrogens is 412 g/mol. The first-order chi connectivity index (χ1) is 13.9. The number of sulfone groups is 1. The van der Waals surface area contributed by atoms with Gasteiger partial charge in [-0.05, 0) is 37.1 Å². The van der Waals surface area contributed by atoms with Gasteiger partial charge in [0.25, 0.3) is 5.91 Å². The molecule has 1 aromatic rings. The number of carbonyl (C=O) groups excluding carboxylic acids is 2. The molecule has 0 aromatic heterocycles. The van der Waals surface area contributed by atoms with Crippen LogP contribution in [-0.2, 0) is 14.6 Å². The van der Waals surface area contributed by atoms with E-state index in [9.17, 15) is 18.0 Å². The van der Waals surface area contributed by atoms with Crippen LogP contribution in [0, 0.1) is 0 Å². The Hall–Kier alpha value is -2.07. The van der Waals surface area contributed by atoms with Crippen molar-refractivity contribution in [3.05, 3.63) is 29.8 Å². The van der Waals surface area contributed by atoms with E-state index in [2.05, 4.69) is 15.6 Å². The van der Waals surface area contributed by atoms with E-state index >= 15 is 0 Å². The van der Waals surface area contributed by atoms with Gasteiger partial charge in [0.1, 0.15) is 0 Å². The van der Waals surface area contributed by atoms with Crippen molar-refractivity contribution in [3.63, 3.8) is 0 Å². The summed E-state index contributed by atoms with van der Waals surface area (Å²) >= 11 is 1.47. The summed E-state index contributed by atoms with van der Waals surface area (Å²) in [5.41, 5.74) is 1.37.